The maximum Gasteiger partial charge on any atom is 0.0583 e. The Hall–Kier alpha value is -4.30. The van der Waals surface area contributed by atoms with E-state index in [1.54, 1.807) is 0 Å². The number of fused-ring (bicyclic) bond motifs is 1. The third-order valence-electron chi connectivity index (χ3n) is 10.0. The molecule has 8 rings (SSSR count). The molecule has 0 atom stereocenters. The summed E-state index contributed by atoms with van der Waals surface area (Å²) < 4.78 is 2.61. The van der Waals surface area contributed by atoms with E-state index in [2.05, 4.69) is 150 Å². The van der Waals surface area contributed by atoms with Crippen molar-refractivity contribution in [3.8, 4) is 5.69 Å². The molecule has 0 unspecified atom stereocenters. The standard InChI is InChI=1S/C40H38N2/c1-23-15-24(2)18-27(17-23)41(28-19-25(3)16-26(4)20-28)29-21-31-30-11-9-12-32-36(30)42-37(31)35(22-29)40(7,8)34-14-10-13-33(38(34)42)39(32,5)6/h9-22H,1-8H3. The van der Waals surface area contributed by atoms with E-state index < -0.39 is 0 Å². The van der Waals surface area contributed by atoms with Crippen molar-refractivity contribution < 1.29 is 0 Å². The number of hydrogen-bond acceptors (Lipinski definition) is 1. The van der Waals surface area contributed by atoms with Gasteiger partial charge >= 0.3 is 0 Å². The van der Waals surface area contributed by atoms with Crippen molar-refractivity contribution in [2.75, 3.05) is 4.90 Å². The van der Waals surface area contributed by atoms with Crippen molar-refractivity contribution in [2.45, 2.75) is 66.2 Å². The molecule has 0 saturated heterocycles. The minimum absolute atomic E-state index is 0.0735. The van der Waals surface area contributed by atoms with Crippen LogP contribution in [-0.4, -0.2) is 4.57 Å². The van der Waals surface area contributed by atoms with Crippen LogP contribution in [0, 0.1) is 27.7 Å². The fraction of sp³-hybridized carbons (Fsp3) is 0.250. The number of nitrogens with zero attached hydrogens (tertiary/aromatic N) is 2. The maximum atomic E-state index is 2.61. The summed E-state index contributed by atoms with van der Waals surface area (Å²) in [5, 5.41) is 2.68. The van der Waals surface area contributed by atoms with Crippen LogP contribution in [0.5, 0.6) is 0 Å². The lowest BCUT2D eigenvalue weighted by molar-refractivity contribution is 0.593. The minimum Gasteiger partial charge on any atom is -0.310 e. The van der Waals surface area contributed by atoms with Crippen LogP contribution in [0.2, 0.25) is 0 Å². The van der Waals surface area contributed by atoms with Crippen LogP contribution in [0.3, 0.4) is 0 Å². The number of anilines is 3. The van der Waals surface area contributed by atoms with Gasteiger partial charge < -0.3 is 9.47 Å². The number of para-hydroxylation sites is 2. The fourth-order valence-electron chi connectivity index (χ4n) is 8.20. The Labute approximate surface area is 249 Å². The Morgan fingerprint density at radius 1 is 0.476 bits per heavy atom. The summed E-state index contributed by atoms with van der Waals surface area (Å²) in [6.45, 7) is 18.4. The summed E-state index contributed by atoms with van der Waals surface area (Å²) in [6, 6.07) is 32.7. The molecule has 208 valence electrons. The predicted molar refractivity (Wildman–Crippen MR) is 179 cm³/mol. The molecule has 0 amide bonds. The highest BCUT2D eigenvalue weighted by Crippen LogP contribution is 2.56. The Morgan fingerprint density at radius 3 is 1.50 bits per heavy atom. The molecule has 0 bridgehead atoms. The monoisotopic (exact) mass is 546 g/mol. The molecule has 2 nitrogen and oxygen atoms in total. The first-order valence-corrected chi connectivity index (χ1v) is 15.2. The zero-order valence-corrected chi connectivity index (χ0v) is 26.0. The predicted octanol–water partition coefficient (Wildman–Crippen LogP) is 10.8. The lowest BCUT2D eigenvalue weighted by Gasteiger charge is -2.42. The minimum atomic E-state index is -0.158. The molecule has 1 aromatic heterocycles. The van der Waals surface area contributed by atoms with Crippen LogP contribution in [-0.2, 0) is 10.8 Å². The summed E-state index contributed by atoms with van der Waals surface area (Å²) in [5.74, 6) is 0. The summed E-state index contributed by atoms with van der Waals surface area (Å²) in [7, 11) is 0. The van der Waals surface area contributed by atoms with Crippen molar-refractivity contribution in [2.24, 2.45) is 0 Å². The van der Waals surface area contributed by atoms with Gasteiger partial charge in [-0.3, -0.25) is 0 Å². The quantitative estimate of drug-likeness (QED) is 0.214. The number of rotatable bonds is 3. The summed E-state index contributed by atoms with van der Waals surface area (Å²) in [6.07, 6.45) is 0. The van der Waals surface area contributed by atoms with Gasteiger partial charge in [0.2, 0.25) is 0 Å². The Morgan fingerprint density at radius 2 is 0.929 bits per heavy atom. The highest BCUT2D eigenvalue weighted by molar-refractivity contribution is 6.15. The Bertz CT molecular complexity index is 2040. The van der Waals surface area contributed by atoms with Crippen molar-refractivity contribution in [3.63, 3.8) is 0 Å². The van der Waals surface area contributed by atoms with Gasteiger partial charge in [-0.2, -0.15) is 0 Å². The van der Waals surface area contributed by atoms with Gasteiger partial charge in [0, 0.05) is 38.7 Å². The van der Waals surface area contributed by atoms with Gasteiger partial charge in [-0.25, -0.2) is 0 Å². The third kappa shape index (κ3) is 3.21. The first-order chi connectivity index (χ1) is 20.0. The van der Waals surface area contributed by atoms with Gasteiger partial charge in [-0.05, 0) is 109 Å². The molecule has 6 aromatic rings. The zero-order valence-electron chi connectivity index (χ0n) is 26.0. The normalized spacial score (nSPS) is 15.5. The zero-order chi connectivity index (χ0) is 29.3. The molecular weight excluding hydrogens is 508 g/mol. The van der Waals surface area contributed by atoms with E-state index in [0.29, 0.717) is 0 Å². The molecule has 0 saturated carbocycles. The summed E-state index contributed by atoms with van der Waals surface area (Å²) in [5.41, 5.74) is 18.3. The van der Waals surface area contributed by atoms with E-state index in [1.807, 2.05) is 0 Å². The van der Waals surface area contributed by atoms with E-state index >= 15 is 0 Å². The highest BCUT2D eigenvalue weighted by atomic mass is 15.1. The first kappa shape index (κ1) is 25.4. The second-order valence-electron chi connectivity index (χ2n) is 13.9. The average molecular weight is 547 g/mol. The van der Waals surface area contributed by atoms with E-state index in [4.69, 9.17) is 0 Å². The number of aromatic nitrogens is 1. The van der Waals surface area contributed by atoms with E-state index in [1.165, 1.54) is 89.1 Å². The molecule has 3 heterocycles. The van der Waals surface area contributed by atoms with E-state index in [0.717, 1.165) is 0 Å². The molecule has 0 N–H and O–H groups in total. The largest absolute Gasteiger partial charge is 0.310 e. The topological polar surface area (TPSA) is 8.17 Å². The van der Waals surface area contributed by atoms with Crippen LogP contribution in [0.4, 0.5) is 17.1 Å². The number of hydrogen-bond donors (Lipinski definition) is 0. The molecule has 2 aliphatic rings. The van der Waals surface area contributed by atoms with Gasteiger partial charge in [0.05, 0.1) is 16.7 Å². The highest BCUT2D eigenvalue weighted by Gasteiger charge is 2.43. The van der Waals surface area contributed by atoms with Gasteiger partial charge in [0.1, 0.15) is 0 Å². The molecule has 0 aliphatic carbocycles. The average Bonchev–Trinajstić information content (AvgIpc) is 3.24. The number of benzene rings is 5. The SMILES string of the molecule is Cc1cc(C)cc(N(c2cc(C)cc(C)c2)c2cc3c4c(c2)c2cccc5c2n4-c2c(cccc2C3(C)C)C5(C)C)c1. The van der Waals surface area contributed by atoms with E-state index in [9.17, 15) is 0 Å². The van der Waals surface area contributed by atoms with Gasteiger partial charge in [0.25, 0.3) is 0 Å². The van der Waals surface area contributed by atoms with Crippen LogP contribution < -0.4 is 4.90 Å². The second kappa shape index (κ2) is 8.16. The third-order valence-corrected chi connectivity index (χ3v) is 10.0. The van der Waals surface area contributed by atoms with E-state index in [-0.39, 0.29) is 10.8 Å². The van der Waals surface area contributed by atoms with Crippen molar-refractivity contribution in [1.82, 2.24) is 4.57 Å². The Balaban J connectivity index is 1.54. The molecule has 2 aliphatic heterocycles. The van der Waals surface area contributed by atoms with Crippen LogP contribution >= 0.6 is 0 Å². The van der Waals surface area contributed by atoms with Gasteiger partial charge in [-0.15, -0.1) is 0 Å². The molecule has 0 fully saturated rings. The molecular formula is C40H38N2. The second-order valence-corrected chi connectivity index (χ2v) is 13.9. The molecule has 2 heteroatoms. The smallest absolute Gasteiger partial charge is 0.0583 e. The molecule has 42 heavy (non-hydrogen) atoms. The summed E-state index contributed by atoms with van der Waals surface area (Å²) in [4.78, 5) is 2.48. The number of aryl methyl sites for hydroxylation is 4. The first-order valence-electron chi connectivity index (χ1n) is 15.2. The van der Waals surface area contributed by atoms with Gasteiger partial charge in [-0.1, -0.05) is 76.2 Å². The molecule has 0 radical (unpaired) electrons. The van der Waals surface area contributed by atoms with Crippen LogP contribution in [0.1, 0.15) is 72.2 Å². The van der Waals surface area contributed by atoms with Crippen molar-refractivity contribution in [3.05, 3.63) is 129 Å². The lowest BCUT2D eigenvalue weighted by atomic mass is 9.68. The van der Waals surface area contributed by atoms with Crippen LogP contribution in [0.15, 0.2) is 84.9 Å². The van der Waals surface area contributed by atoms with Crippen molar-refractivity contribution in [1.29, 1.82) is 0 Å². The van der Waals surface area contributed by atoms with Crippen molar-refractivity contribution >= 4 is 38.9 Å². The lowest BCUT2D eigenvalue weighted by Crippen LogP contribution is -2.33. The molecule has 5 aromatic carbocycles. The van der Waals surface area contributed by atoms with Crippen LogP contribution in [0.25, 0.3) is 27.5 Å². The van der Waals surface area contributed by atoms with Gasteiger partial charge in [0.15, 0.2) is 0 Å². The maximum absolute atomic E-state index is 2.61. The summed E-state index contributed by atoms with van der Waals surface area (Å²) >= 11 is 0. The fourth-order valence-corrected chi connectivity index (χ4v) is 8.20. The molecule has 0 spiro atoms. The Kier molecular flexibility index (Phi) is 4.94.